The van der Waals surface area contributed by atoms with E-state index in [2.05, 4.69) is 18.2 Å². The lowest BCUT2D eigenvalue weighted by Gasteiger charge is -2.33. The van der Waals surface area contributed by atoms with Crippen LogP contribution in [0.15, 0.2) is 42.5 Å². The van der Waals surface area contributed by atoms with Gasteiger partial charge in [0.05, 0.1) is 6.42 Å². The van der Waals surface area contributed by atoms with Crippen molar-refractivity contribution in [2.24, 2.45) is 5.92 Å². The van der Waals surface area contributed by atoms with Crippen LogP contribution in [-0.4, -0.2) is 47.8 Å². The maximum atomic E-state index is 12.8. The van der Waals surface area contributed by atoms with E-state index in [-0.39, 0.29) is 11.8 Å². The van der Waals surface area contributed by atoms with Gasteiger partial charge in [-0.05, 0) is 42.0 Å². The molecule has 2 aliphatic heterocycles. The van der Waals surface area contributed by atoms with Crippen molar-refractivity contribution in [3.05, 3.63) is 48.0 Å². The van der Waals surface area contributed by atoms with Gasteiger partial charge in [0.2, 0.25) is 11.8 Å². The van der Waals surface area contributed by atoms with Gasteiger partial charge < -0.3 is 9.80 Å². The van der Waals surface area contributed by atoms with E-state index in [9.17, 15) is 9.59 Å². The quantitative estimate of drug-likeness (QED) is 0.853. The van der Waals surface area contributed by atoms with Crippen molar-refractivity contribution in [1.82, 2.24) is 9.80 Å². The monoisotopic (exact) mass is 350 g/mol. The second kappa shape index (κ2) is 7.48. The molecule has 26 heavy (non-hydrogen) atoms. The van der Waals surface area contributed by atoms with Crippen LogP contribution in [0.25, 0.3) is 10.8 Å². The number of benzene rings is 2. The Morgan fingerprint density at radius 2 is 1.54 bits per heavy atom. The lowest BCUT2D eigenvalue weighted by atomic mass is 9.94. The number of amides is 2. The topological polar surface area (TPSA) is 40.6 Å². The molecule has 0 aromatic heterocycles. The molecule has 4 heteroatoms. The van der Waals surface area contributed by atoms with Crippen LogP contribution in [-0.2, 0) is 16.0 Å². The molecule has 2 aromatic rings. The predicted molar refractivity (Wildman–Crippen MR) is 103 cm³/mol. The standard InChI is InChI=1S/C22H26N2O2/c25-21(16-19-8-5-7-17-6-1-2-9-20(17)19)23-14-10-18(11-15-23)22(26)24-12-3-4-13-24/h1-2,5-9,18H,3-4,10-16H2. The lowest BCUT2D eigenvalue weighted by molar-refractivity contribution is -0.139. The molecule has 2 aromatic carbocycles. The summed E-state index contributed by atoms with van der Waals surface area (Å²) in [7, 11) is 0. The molecule has 0 aliphatic carbocycles. The SMILES string of the molecule is O=C(Cc1cccc2ccccc12)N1CCC(C(=O)N2CCCC2)CC1. The van der Waals surface area contributed by atoms with Gasteiger partial charge in [-0.15, -0.1) is 0 Å². The Morgan fingerprint density at radius 3 is 2.31 bits per heavy atom. The summed E-state index contributed by atoms with van der Waals surface area (Å²) in [6.45, 7) is 3.24. The highest BCUT2D eigenvalue weighted by atomic mass is 16.2. The van der Waals surface area contributed by atoms with Gasteiger partial charge in [0, 0.05) is 32.1 Å². The van der Waals surface area contributed by atoms with E-state index in [1.54, 1.807) is 0 Å². The second-order valence-electron chi connectivity index (χ2n) is 7.50. The summed E-state index contributed by atoms with van der Waals surface area (Å²) in [5.41, 5.74) is 1.09. The van der Waals surface area contributed by atoms with Crippen LogP contribution >= 0.6 is 0 Å². The number of carbonyl (C=O) groups excluding carboxylic acids is 2. The zero-order chi connectivity index (χ0) is 17.9. The van der Waals surface area contributed by atoms with Crippen molar-refractivity contribution < 1.29 is 9.59 Å². The third-order valence-corrected chi connectivity index (χ3v) is 5.84. The van der Waals surface area contributed by atoms with Crippen LogP contribution in [0, 0.1) is 5.92 Å². The highest BCUT2D eigenvalue weighted by Gasteiger charge is 2.31. The number of piperidine rings is 1. The number of fused-ring (bicyclic) bond motifs is 1. The smallest absolute Gasteiger partial charge is 0.227 e. The molecule has 2 amide bonds. The molecule has 0 unspecified atom stereocenters. The van der Waals surface area contributed by atoms with E-state index in [4.69, 9.17) is 0 Å². The van der Waals surface area contributed by atoms with Crippen LogP contribution < -0.4 is 0 Å². The predicted octanol–water partition coefficient (Wildman–Crippen LogP) is 3.24. The largest absolute Gasteiger partial charge is 0.342 e. The van der Waals surface area contributed by atoms with Crippen LogP contribution in [0.2, 0.25) is 0 Å². The molecule has 0 radical (unpaired) electrons. The molecule has 2 aliphatic rings. The number of carbonyl (C=O) groups is 2. The highest BCUT2D eigenvalue weighted by molar-refractivity contribution is 5.90. The molecule has 0 saturated carbocycles. The summed E-state index contributed by atoms with van der Waals surface area (Å²) in [6.07, 6.45) is 4.31. The van der Waals surface area contributed by atoms with Gasteiger partial charge in [-0.3, -0.25) is 9.59 Å². The van der Waals surface area contributed by atoms with Gasteiger partial charge in [0.15, 0.2) is 0 Å². The summed E-state index contributed by atoms with van der Waals surface area (Å²) in [4.78, 5) is 29.3. The van der Waals surface area contributed by atoms with Crippen LogP contribution in [0.3, 0.4) is 0 Å². The molecule has 4 rings (SSSR count). The number of likely N-dealkylation sites (tertiary alicyclic amines) is 2. The summed E-state index contributed by atoms with van der Waals surface area (Å²) in [5, 5.41) is 2.33. The van der Waals surface area contributed by atoms with Gasteiger partial charge in [-0.25, -0.2) is 0 Å². The Bertz CT molecular complexity index is 797. The Kier molecular flexibility index (Phi) is 4.91. The number of hydrogen-bond acceptors (Lipinski definition) is 2. The fraction of sp³-hybridized carbons (Fsp3) is 0.455. The summed E-state index contributed by atoms with van der Waals surface area (Å²) < 4.78 is 0. The minimum absolute atomic E-state index is 0.106. The normalized spacial score (nSPS) is 18.5. The van der Waals surface area contributed by atoms with Gasteiger partial charge in [0.25, 0.3) is 0 Å². The zero-order valence-corrected chi connectivity index (χ0v) is 15.2. The molecule has 2 saturated heterocycles. The number of nitrogens with zero attached hydrogens (tertiary/aromatic N) is 2. The first-order valence-electron chi connectivity index (χ1n) is 9.75. The first-order chi connectivity index (χ1) is 12.7. The van der Waals surface area contributed by atoms with Crippen LogP contribution in [0.5, 0.6) is 0 Å². The van der Waals surface area contributed by atoms with Crippen LogP contribution in [0.4, 0.5) is 0 Å². The second-order valence-corrected chi connectivity index (χ2v) is 7.50. The maximum Gasteiger partial charge on any atom is 0.227 e. The molecule has 0 spiro atoms. The minimum atomic E-state index is 0.106. The van der Waals surface area contributed by atoms with E-state index >= 15 is 0 Å². The van der Waals surface area contributed by atoms with Crippen molar-refractivity contribution in [2.75, 3.05) is 26.2 Å². The Hall–Kier alpha value is -2.36. The molecule has 2 fully saturated rings. The van der Waals surface area contributed by atoms with E-state index in [0.717, 1.165) is 49.7 Å². The van der Waals surface area contributed by atoms with Crippen LogP contribution in [0.1, 0.15) is 31.2 Å². The molecule has 4 nitrogen and oxygen atoms in total. The maximum absolute atomic E-state index is 12.8. The lowest BCUT2D eigenvalue weighted by Crippen LogP contribution is -2.44. The van der Waals surface area contributed by atoms with Crippen molar-refractivity contribution in [1.29, 1.82) is 0 Å². The first kappa shape index (κ1) is 17.1. The number of rotatable bonds is 3. The van der Waals surface area contributed by atoms with E-state index in [1.165, 1.54) is 5.39 Å². The van der Waals surface area contributed by atoms with E-state index < -0.39 is 0 Å². The number of hydrogen-bond donors (Lipinski definition) is 0. The molecular formula is C22H26N2O2. The molecule has 136 valence electrons. The average molecular weight is 350 g/mol. The van der Waals surface area contributed by atoms with Gasteiger partial charge in [0.1, 0.15) is 0 Å². The fourth-order valence-corrected chi connectivity index (χ4v) is 4.29. The van der Waals surface area contributed by atoms with E-state index in [1.807, 2.05) is 34.1 Å². The highest BCUT2D eigenvalue weighted by Crippen LogP contribution is 2.24. The minimum Gasteiger partial charge on any atom is -0.342 e. The molecule has 2 heterocycles. The molecule has 0 bridgehead atoms. The molecule has 0 atom stereocenters. The van der Waals surface area contributed by atoms with E-state index in [0.29, 0.717) is 25.4 Å². The summed E-state index contributed by atoms with van der Waals surface area (Å²) in [5.74, 6) is 0.590. The first-order valence-corrected chi connectivity index (χ1v) is 9.75. The van der Waals surface area contributed by atoms with Crippen molar-refractivity contribution in [3.8, 4) is 0 Å². The Balaban J connectivity index is 1.37. The Morgan fingerprint density at radius 1 is 0.846 bits per heavy atom. The van der Waals surface area contributed by atoms with Gasteiger partial charge in [-0.1, -0.05) is 42.5 Å². The molecular weight excluding hydrogens is 324 g/mol. The summed E-state index contributed by atoms with van der Waals surface area (Å²) in [6, 6.07) is 14.4. The van der Waals surface area contributed by atoms with Crippen molar-refractivity contribution >= 4 is 22.6 Å². The van der Waals surface area contributed by atoms with Gasteiger partial charge in [-0.2, -0.15) is 0 Å². The van der Waals surface area contributed by atoms with Crippen molar-refractivity contribution in [2.45, 2.75) is 32.1 Å². The fourth-order valence-electron chi connectivity index (χ4n) is 4.29. The molecule has 0 N–H and O–H groups in total. The average Bonchev–Trinajstić information content (AvgIpc) is 3.23. The van der Waals surface area contributed by atoms with Crippen molar-refractivity contribution in [3.63, 3.8) is 0 Å². The third-order valence-electron chi connectivity index (χ3n) is 5.84. The zero-order valence-electron chi connectivity index (χ0n) is 15.2. The van der Waals surface area contributed by atoms with Gasteiger partial charge >= 0.3 is 0 Å². The Labute approximate surface area is 154 Å². The summed E-state index contributed by atoms with van der Waals surface area (Å²) >= 11 is 0. The third kappa shape index (κ3) is 3.46.